The zero-order valence-corrected chi connectivity index (χ0v) is 25.3. The van der Waals surface area contributed by atoms with E-state index in [1.54, 1.807) is 30.9 Å². The van der Waals surface area contributed by atoms with Crippen LogP contribution in [0.2, 0.25) is 0 Å². The van der Waals surface area contributed by atoms with Crippen molar-refractivity contribution in [2.45, 2.75) is 32.1 Å². The number of carbonyl (C=O) groups excluding carboxylic acids is 1. The fourth-order valence-corrected chi connectivity index (χ4v) is 6.59. The van der Waals surface area contributed by atoms with Crippen LogP contribution in [0.5, 0.6) is 0 Å². The minimum absolute atomic E-state index is 0.0427. The third-order valence-electron chi connectivity index (χ3n) is 8.28. The van der Waals surface area contributed by atoms with Crippen molar-refractivity contribution in [1.29, 1.82) is 0 Å². The fourth-order valence-electron chi connectivity index (χ4n) is 5.98. The molecule has 10 nitrogen and oxygen atoms in total. The maximum Gasteiger partial charge on any atom is 0.227 e. The van der Waals surface area contributed by atoms with Gasteiger partial charge < -0.3 is 10.3 Å². The van der Waals surface area contributed by atoms with Crippen LogP contribution in [0, 0.1) is 11.7 Å². The molecule has 0 radical (unpaired) electrons. The summed E-state index contributed by atoms with van der Waals surface area (Å²) >= 11 is 0. The molecule has 0 aliphatic heterocycles. The molecule has 4 aromatic heterocycles. The van der Waals surface area contributed by atoms with Gasteiger partial charge in [-0.15, -0.1) is 0 Å². The van der Waals surface area contributed by atoms with Gasteiger partial charge in [0.15, 0.2) is 5.82 Å². The van der Waals surface area contributed by atoms with Gasteiger partial charge in [-0.3, -0.25) is 19.9 Å². The Morgan fingerprint density at radius 1 is 0.956 bits per heavy atom. The molecule has 1 aliphatic rings. The highest BCUT2D eigenvalue weighted by atomic mass is 32.2. The number of aromatic nitrogens is 6. The first kappa shape index (κ1) is 28.8. The molecule has 7 rings (SSSR count). The van der Waals surface area contributed by atoms with Crippen LogP contribution in [-0.4, -0.2) is 56.5 Å². The second-order valence-corrected chi connectivity index (χ2v) is 13.9. The monoisotopic (exact) mass is 623 g/mol. The zero-order valence-electron chi connectivity index (χ0n) is 24.5. The number of aryl methyl sites for hydroxylation is 1. The number of sulfone groups is 1. The van der Waals surface area contributed by atoms with Crippen LogP contribution in [0.4, 0.5) is 10.1 Å². The van der Waals surface area contributed by atoms with Gasteiger partial charge in [0.05, 0.1) is 40.4 Å². The van der Waals surface area contributed by atoms with Crippen LogP contribution >= 0.6 is 0 Å². The van der Waals surface area contributed by atoms with Crippen molar-refractivity contribution in [3.8, 4) is 33.8 Å². The number of aromatic amines is 2. The molecule has 12 heteroatoms. The van der Waals surface area contributed by atoms with Gasteiger partial charge >= 0.3 is 0 Å². The van der Waals surface area contributed by atoms with Crippen molar-refractivity contribution in [2.75, 3.05) is 17.3 Å². The highest BCUT2D eigenvalue weighted by molar-refractivity contribution is 7.90. The van der Waals surface area contributed by atoms with Crippen molar-refractivity contribution >= 4 is 43.4 Å². The summed E-state index contributed by atoms with van der Waals surface area (Å²) in [5.41, 5.74) is 6.78. The van der Waals surface area contributed by atoms with Crippen molar-refractivity contribution in [2.24, 2.45) is 5.92 Å². The molecule has 1 saturated carbocycles. The summed E-state index contributed by atoms with van der Waals surface area (Å²) in [5, 5.41) is 11.5. The number of hydrogen-bond donors (Lipinski definition) is 3. The van der Waals surface area contributed by atoms with Crippen molar-refractivity contribution in [3.63, 3.8) is 0 Å². The summed E-state index contributed by atoms with van der Waals surface area (Å²) in [6, 6.07) is 12.3. The minimum atomic E-state index is -3.20. The summed E-state index contributed by atoms with van der Waals surface area (Å²) in [7, 11) is -3.20. The van der Waals surface area contributed by atoms with E-state index in [2.05, 4.69) is 30.5 Å². The predicted octanol–water partition coefficient (Wildman–Crippen LogP) is 6.09. The van der Waals surface area contributed by atoms with Crippen LogP contribution in [0.25, 0.3) is 55.7 Å². The number of pyridine rings is 2. The second kappa shape index (κ2) is 11.5. The lowest BCUT2D eigenvalue weighted by Gasteiger charge is -2.11. The fraction of sp³-hybridized carbons (Fsp3) is 0.242. The summed E-state index contributed by atoms with van der Waals surface area (Å²) in [5.74, 6) is 0.0643. The first-order valence-corrected chi connectivity index (χ1v) is 16.8. The molecule has 6 aromatic rings. The predicted molar refractivity (Wildman–Crippen MR) is 172 cm³/mol. The molecule has 228 valence electrons. The summed E-state index contributed by atoms with van der Waals surface area (Å²) < 4.78 is 38.0. The Bertz CT molecular complexity index is 2190. The Kier molecular flexibility index (Phi) is 7.36. The van der Waals surface area contributed by atoms with Gasteiger partial charge in [-0.2, -0.15) is 5.10 Å². The lowest BCUT2D eigenvalue weighted by atomic mass is 10.0. The Labute approximate surface area is 258 Å². The van der Waals surface area contributed by atoms with E-state index in [0.29, 0.717) is 44.9 Å². The van der Waals surface area contributed by atoms with E-state index in [1.807, 2.05) is 24.3 Å². The minimum Gasteiger partial charge on any atom is -0.335 e. The number of nitrogens with zero attached hydrogens (tertiary/aromatic N) is 4. The highest BCUT2D eigenvalue weighted by Gasteiger charge is 2.23. The van der Waals surface area contributed by atoms with Gasteiger partial charge in [-0.1, -0.05) is 25.0 Å². The van der Waals surface area contributed by atoms with Crippen LogP contribution in [0.3, 0.4) is 0 Å². The van der Waals surface area contributed by atoms with E-state index in [4.69, 9.17) is 4.98 Å². The van der Waals surface area contributed by atoms with Crippen molar-refractivity contribution in [1.82, 2.24) is 30.1 Å². The molecule has 0 saturated heterocycles. The Balaban J connectivity index is 1.22. The number of imidazole rings is 1. The Hall–Kier alpha value is -4.97. The van der Waals surface area contributed by atoms with Crippen LogP contribution in [0.15, 0.2) is 67.3 Å². The average molecular weight is 624 g/mol. The number of amides is 1. The average Bonchev–Trinajstić information content (AvgIpc) is 3.79. The van der Waals surface area contributed by atoms with Gasteiger partial charge in [-0.05, 0) is 66.3 Å². The molecule has 1 fully saturated rings. The number of anilines is 1. The van der Waals surface area contributed by atoms with E-state index in [1.165, 1.54) is 12.1 Å². The quantitative estimate of drug-likeness (QED) is 0.186. The first-order valence-electron chi connectivity index (χ1n) is 14.8. The summed E-state index contributed by atoms with van der Waals surface area (Å²) in [6.45, 7) is 0. The SMILES string of the molecule is CS(=O)(=O)CCc1cc(F)cc(-c2cncc3[nH]c(-c4n[nH]c5ccc(-c6cncc(NC(=O)C7CCCC7)c6)cc45)nc23)c1. The summed E-state index contributed by atoms with van der Waals surface area (Å²) in [4.78, 5) is 29.6. The Morgan fingerprint density at radius 2 is 1.78 bits per heavy atom. The lowest BCUT2D eigenvalue weighted by Crippen LogP contribution is -2.20. The molecule has 0 atom stereocenters. The standard InChI is InChI=1S/C33H30FN7O3S/c1-45(43,44)9-8-19-10-22(12-24(34)11-19)27-17-36-18-29-30(27)39-32(38-29)31-26-14-21(6-7-28(26)40-41-31)23-13-25(16-35-15-23)37-33(42)20-4-2-3-5-20/h6-7,10-18,20H,2-5,8-9H2,1H3,(H,37,42)(H,38,39)(H,40,41). The number of nitrogens with one attached hydrogen (secondary N) is 3. The van der Waals surface area contributed by atoms with Gasteiger partial charge in [0.1, 0.15) is 21.3 Å². The zero-order chi connectivity index (χ0) is 31.1. The van der Waals surface area contributed by atoms with Gasteiger partial charge in [0.2, 0.25) is 5.91 Å². The number of benzene rings is 2. The maximum atomic E-state index is 14.6. The number of carbonyl (C=O) groups is 1. The molecule has 3 N–H and O–H groups in total. The number of hydrogen-bond acceptors (Lipinski definition) is 7. The third-order valence-corrected chi connectivity index (χ3v) is 9.22. The van der Waals surface area contributed by atoms with Crippen LogP contribution in [-0.2, 0) is 21.1 Å². The van der Waals surface area contributed by atoms with Gasteiger partial charge in [0, 0.05) is 41.1 Å². The number of halogens is 1. The molecule has 0 unspecified atom stereocenters. The largest absolute Gasteiger partial charge is 0.335 e. The smallest absolute Gasteiger partial charge is 0.227 e. The lowest BCUT2D eigenvalue weighted by molar-refractivity contribution is -0.119. The van der Waals surface area contributed by atoms with Gasteiger partial charge in [-0.25, -0.2) is 17.8 Å². The molecule has 1 amide bonds. The highest BCUT2D eigenvalue weighted by Crippen LogP contribution is 2.34. The van der Waals surface area contributed by atoms with E-state index < -0.39 is 15.7 Å². The summed E-state index contributed by atoms with van der Waals surface area (Å²) in [6.07, 6.45) is 12.1. The Morgan fingerprint density at radius 3 is 2.60 bits per heavy atom. The van der Waals surface area contributed by atoms with Crippen LogP contribution in [0.1, 0.15) is 31.2 Å². The first-order chi connectivity index (χ1) is 21.7. The topological polar surface area (TPSA) is 146 Å². The molecule has 0 bridgehead atoms. The molecule has 45 heavy (non-hydrogen) atoms. The third kappa shape index (κ3) is 6.05. The molecule has 0 spiro atoms. The van der Waals surface area contributed by atoms with E-state index in [-0.39, 0.29) is 24.0 Å². The maximum absolute atomic E-state index is 14.6. The number of fused-ring (bicyclic) bond motifs is 2. The molecule has 2 aromatic carbocycles. The molecule has 1 aliphatic carbocycles. The van der Waals surface area contributed by atoms with Crippen LogP contribution < -0.4 is 5.32 Å². The van der Waals surface area contributed by atoms with Crippen molar-refractivity contribution < 1.29 is 17.6 Å². The number of rotatable bonds is 8. The molecule has 4 heterocycles. The molecular weight excluding hydrogens is 593 g/mol. The number of H-pyrrole nitrogens is 2. The van der Waals surface area contributed by atoms with E-state index in [0.717, 1.165) is 54.0 Å². The van der Waals surface area contributed by atoms with E-state index >= 15 is 0 Å². The second-order valence-electron chi connectivity index (χ2n) is 11.7. The van der Waals surface area contributed by atoms with E-state index in [9.17, 15) is 17.6 Å². The normalized spacial score (nSPS) is 14.0. The van der Waals surface area contributed by atoms with Gasteiger partial charge in [0.25, 0.3) is 0 Å². The molecular formula is C33H30FN7O3S. The van der Waals surface area contributed by atoms with Crippen molar-refractivity contribution in [3.05, 3.63) is 78.6 Å².